The maximum Gasteiger partial charge on any atom is 0.129 e. The van der Waals surface area contributed by atoms with Crippen molar-refractivity contribution in [1.82, 2.24) is 9.80 Å². The van der Waals surface area contributed by atoms with E-state index in [9.17, 15) is 5.11 Å². The number of fused-ring (bicyclic) bond motifs is 1. The number of likely N-dealkylation sites (N-methyl/N-ethyl adjacent to an activating group) is 1. The summed E-state index contributed by atoms with van der Waals surface area (Å²) in [5, 5.41) is 15.5. The zero-order valence-electron chi connectivity index (χ0n) is 16.8. The zero-order chi connectivity index (χ0) is 18.5. The Morgan fingerprint density at radius 2 is 1.92 bits per heavy atom. The Morgan fingerprint density at radius 3 is 2.60 bits per heavy atom. The molecular weight excluding hydrogens is 314 g/mol. The van der Waals surface area contributed by atoms with Crippen molar-refractivity contribution in [3.05, 3.63) is 11.6 Å². The van der Waals surface area contributed by atoms with Gasteiger partial charge < -0.3 is 19.7 Å². The lowest BCUT2D eigenvalue weighted by atomic mass is 9.61. The molecule has 0 spiro atoms. The van der Waals surface area contributed by atoms with Crippen LogP contribution < -0.4 is 0 Å². The van der Waals surface area contributed by atoms with E-state index in [0.717, 1.165) is 51.6 Å². The van der Waals surface area contributed by atoms with Gasteiger partial charge >= 0.3 is 0 Å². The van der Waals surface area contributed by atoms with Crippen LogP contribution in [-0.2, 0) is 4.84 Å². The Balaban J connectivity index is 1.92. The van der Waals surface area contributed by atoms with E-state index in [0.29, 0.717) is 12.5 Å². The van der Waals surface area contributed by atoms with Gasteiger partial charge in [0.15, 0.2) is 0 Å². The molecule has 2 aliphatic carbocycles. The molecule has 0 heterocycles. The summed E-state index contributed by atoms with van der Waals surface area (Å²) in [7, 11) is 8.25. The molecule has 0 aromatic heterocycles. The molecule has 2 rings (SSSR count). The summed E-state index contributed by atoms with van der Waals surface area (Å²) in [5.74, 6) is 0.306. The SMILES string of the molecule is CN(C)CC/C=C1\CC[C@]2(C)[C@@H](/C=N/OCCN(C)C)CC[C@]2(O)C1. The summed E-state index contributed by atoms with van der Waals surface area (Å²) in [5.41, 5.74) is 0.761. The van der Waals surface area contributed by atoms with Crippen molar-refractivity contribution in [3.63, 3.8) is 0 Å². The second kappa shape index (κ2) is 8.65. The van der Waals surface area contributed by atoms with Crippen LogP contribution in [0, 0.1) is 11.3 Å². The standard InChI is InChI=1S/C20H37N3O2/c1-19-10-8-17(7-6-12-22(2)3)15-20(19,24)11-9-18(19)16-21-25-14-13-23(4)5/h7,16,18,24H,6,8-15H2,1-5H3/b17-7+,21-16+/t18-,19-,20+/m1/s1. The third-order valence-corrected chi connectivity index (χ3v) is 6.19. The maximum atomic E-state index is 11.3. The van der Waals surface area contributed by atoms with E-state index in [-0.39, 0.29) is 5.41 Å². The fourth-order valence-electron chi connectivity index (χ4n) is 4.27. The van der Waals surface area contributed by atoms with Crippen molar-refractivity contribution in [2.75, 3.05) is 47.9 Å². The number of nitrogens with zero attached hydrogens (tertiary/aromatic N) is 3. The summed E-state index contributed by atoms with van der Waals surface area (Å²) in [6.45, 7) is 4.78. The van der Waals surface area contributed by atoms with Gasteiger partial charge in [-0.2, -0.15) is 0 Å². The second-order valence-electron chi connectivity index (χ2n) is 8.62. The highest BCUT2D eigenvalue weighted by molar-refractivity contribution is 5.63. The summed E-state index contributed by atoms with van der Waals surface area (Å²) in [6.07, 6.45) is 10.2. The lowest BCUT2D eigenvalue weighted by molar-refractivity contribution is -0.0758. The molecule has 144 valence electrons. The highest BCUT2D eigenvalue weighted by atomic mass is 16.6. The van der Waals surface area contributed by atoms with E-state index in [1.807, 2.05) is 20.3 Å². The molecule has 0 aromatic carbocycles. The fourth-order valence-corrected chi connectivity index (χ4v) is 4.27. The number of hydrogen-bond donors (Lipinski definition) is 1. The van der Waals surface area contributed by atoms with Crippen LogP contribution in [-0.4, -0.2) is 74.6 Å². The van der Waals surface area contributed by atoms with Crippen LogP contribution in [0.1, 0.15) is 45.4 Å². The maximum absolute atomic E-state index is 11.3. The Hall–Kier alpha value is -0.910. The largest absolute Gasteiger partial charge is 0.395 e. The molecule has 0 bridgehead atoms. The van der Waals surface area contributed by atoms with Gasteiger partial charge in [0.25, 0.3) is 0 Å². The van der Waals surface area contributed by atoms with E-state index in [4.69, 9.17) is 4.84 Å². The predicted molar refractivity (Wildman–Crippen MR) is 104 cm³/mol. The molecule has 1 N–H and O–H groups in total. The van der Waals surface area contributed by atoms with E-state index in [2.05, 4.69) is 42.1 Å². The van der Waals surface area contributed by atoms with Gasteiger partial charge in [0.05, 0.1) is 5.60 Å². The first-order chi connectivity index (χ1) is 11.8. The molecule has 5 heteroatoms. The Bertz CT molecular complexity index is 489. The molecular formula is C20H37N3O2. The van der Waals surface area contributed by atoms with Gasteiger partial charge in [0.1, 0.15) is 6.61 Å². The smallest absolute Gasteiger partial charge is 0.129 e. The van der Waals surface area contributed by atoms with Gasteiger partial charge in [-0.1, -0.05) is 23.7 Å². The highest BCUT2D eigenvalue weighted by Crippen LogP contribution is 2.58. The van der Waals surface area contributed by atoms with Crippen LogP contribution in [0.4, 0.5) is 0 Å². The Morgan fingerprint density at radius 1 is 1.20 bits per heavy atom. The van der Waals surface area contributed by atoms with Gasteiger partial charge in [-0.3, -0.25) is 0 Å². The van der Waals surface area contributed by atoms with Crippen molar-refractivity contribution >= 4 is 6.21 Å². The minimum absolute atomic E-state index is 0.0830. The minimum atomic E-state index is -0.588. The molecule has 0 aromatic rings. The second-order valence-corrected chi connectivity index (χ2v) is 8.62. The number of rotatable bonds is 8. The third kappa shape index (κ3) is 5.05. The molecule has 3 atom stereocenters. The molecule has 2 aliphatic rings. The third-order valence-electron chi connectivity index (χ3n) is 6.19. The molecule has 25 heavy (non-hydrogen) atoms. The molecule has 0 saturated heterocycles. The molecule has 0 radical (unpaired) electrons. The average Bonchev–Trinajstić information content (AvgIpc) is 2.78. The van der Waals surface area contributed by atoms with Crippen LogP contribution in [0.15, 0.2) is 16.8 Å². The number of oxime groups is 1. The van der Waals surface area contributed by atoms with E-state index in [1.165, 1.54) is 5.57 Å². The van der Waals surface area contributed by atoms with Crippen LogP contribution >= 0.6 is 0 Å². The number of aliphatic hydroxyl groups is 1. The van der Waals surface area contributed by atoms with Gasteiger partial charge in [-0.25, -0.2) is 0 Å². The summed E-state index contributed by atoms with van der Waals surface area (Å²) in [6, 6.07) is 0. The average molecular weight is 352 g/mol. The van der Waals surface area contributed by atoms with E-state index >= 15 is 0 Å². The molecule has 5 nitrogen and oxygen atoms in total. The van der Waals surface area contributed by atoms with Crippen LogP contribution in [0.25, 0.3) is 0 Å². The van der Waals surface area contributed by atoms with E-state index in [1.54, 1.807) is 0 Å². The fraction of sp³-hybridized carbons (Fsp3) is 0.850. The molecule has 0 aliphatic heterocycles. The van der Waals surface area contributed by atoms with Gasteiger partial charge in [-0.05, 0) is 66.7 Å². The van der Waals surface area contributed by atoms with Crippen molar-refractivity contribution in [3.8, 4) is 0 Å². The first-order valence-electron chi connectivity index (χ1n) is 9.62. The summed E-state index contributed by atoms with van der Waals surface area (Å²) in [4.78, 5) is 9.68. The van der Waals surface area contributed by atoms with Crippen molar-refractivity contribution < 1.29 is 9.94 Å². The van der Waals surface area contributed by atoms with Gasteiger partial charge in [0, 0.05) is 30.6 Å². The first kappa shape index (κ1) is 20.4. The van der Waals surface area contributed by atoms with Crippen molar-refractivity contribution in [1.29, 1.82) is 0 Å². The Kier molecular flexibility index (Phi) is 7.06. The minimum Gasteiger partial charge on any atom is -0.395 e. The summed E-state index contributed by atoms with van der Waals surface area (Å²) >= 11 is 0. The van der Waals surface area contributed by atoms with Crippen LogP contribution in [0.3, 0.4) is 0 Å². The molecule has 2 saturated carbocycles. The van der Waals surface area contributed by atoms with Crippen LogP contribution in [0.5, 0.6) is 0 Å². The summed E-state index contributed by atoms with van der Waals surface area (Å²) < 4.78 is 0. The van der Waals surface area contributed by atoms with Crippen LogP contribution in [0.2, 0.25) is 0 Å². The Labute approximate surface area is 153 Å². The topological polar surface area (TPSA) is 48.3 Å². The van der Waals surface area contributed by atoms with Crippen molar-refractivity contribution in [2.24, 2.45) is 16.5 Å². The molecule has 0 unspecified atom stereocenters. The molecule has 2 fully saturated rings. The normalized spacial score (nSPS) is 34.4. The quantitative estimate of drug-likeness (QED) is 0.316. The van der Waals surface area contributed by atoms with E-state index < -0.39 is 5.60 Å². The van der Waals surface area contributed by atoms with Gasteiger partial charge in [0.2, 0.25) is 0 Å². The lowest BCUT2D eigenvalue weighted by Gasteiger charge is -2.47. The van der Waals surface area contributed by atoms with Crippen molar-refractivity contribution in [2.45, 2.75) is 51.0 Å². The highest BCUT2D eigenvalue weighted by Gasteiger charge is 2.57. The predicted octanol–water partition coefficient (Wildman–Crippen LogP) is 2.76. The van der Waals surface area contributed by atoms with Gasteiger partial charge in [-0.15, -0.1) is 0 Å². The monoisotopic (exact) mass is 351 g/mol. The zero-order valence-corrected chi connectivity index (χ0v) is 16.8. The first-order valence-corrected chi connectivity index (χ1v) is 9.62. The molecule has 0 amide bonds. The number of hydrogen-bond acceptors (Lipinski definition) is 5. The lowest BCUT2D eigenvalue weighted by Crippen LogP contribution is -2.48.